The van der Waals surface area contributed by atoms with Gasteiger partial charge in [0.15, 0.2) is 0 Å². The zero-order valence-corrected chi connectivity index (χ0v) is 20.0. The molecule has 4 aromatic carbocycles. The smallest absolute Gasteiger partial charge is 0.258 e. The number of aliphatic hydroxyl groups is 1. The molecular formula is C30H27NO5. The van der Waals surface area contributed by atoms with E-state index in [1.54, 1.807) is 23.1 Å². The molecule has 0 aliphatic carbocycles. The Morgan fingerprint density at radius 3 is 2.44 bits per heavy atom. The normalized spacial score (nSPS) is 11.9. The molecule has 1 aromatic heterocycles. The average molecular weight is 482 g/mol. The van der Waals surface area contributed by atoms with Gasteiger partial charge in [-0.3, -0.25) is 4.79 Å². The minimum atomic E-state index is -0.899. The maximum Gasteiger partial charge on any atom is 0.258 e. The molecule has 1 heterocycles. The van der Waals surface area contributed by atoms with E-state index >= 15 is 0 Å². The van der Waals surface area contributed by atoms with Crippen molar-refractivity contribution in [2.75, 3.05) is 20.3 Å². The average Bonchev–Trinajstić information content (AvgIpc) is 3.29. The van der Waals surface area contributed by atoms with E-state index < -0.39 is 6.10 Å². The number of carbonyl (C=O) groups excluding carboxylic acids is 1. The van der Waals surface area contributed by atoms with Gasteiger partial charge < -0.3 is 23.9 Å². The Balaban J connectivity index is 1.32. The van der Waals surface area contributed by atoms with E-state index in [0.29, 0.717) is 23.6 Å². The van der Waals surface area contributed by atoms with Crippen LogP contribution in [-0.4, -0.2) is 42.3 Å². The van der Waals surface area contributed by atoms with Gasteiger partial charge in [0.2, 0.25) is 0 Å². The van der Waals surface area contributed by atoms with Gasteiger partial charge in [-0.25, -0.2) is 0 Å². The standard InChI is InChI=1S/C30H27NO5/c1-34-27-13-7-6-12-25(27)30(33)31(18-21-9-3-2-4-10-21)19-22(32)20-35-23-15-16-29-26(17-23)24-11-5-8-14-28(24)36-29/h2-17,22,32H,18-20H2,1H3/t22-/m1/s1. The van der Waals surface area contributed by atoms with Gasteiger partial charge in [0.05, 0.1) is 19.2 Å². The monoisotopic (exact) mass is 481 g/mol. The first kappa shape index (κ1) is 23.5. The second-order valence-corrected chi connectivity index (χ2v) is 8.59. The van der Waals surface area contributed by atoms with Gasteiger partial charge in [-0.05, 0) is 42.0 Å². The summed E-state index contributed by atoms with van der Waals surface area (Å²) in [7, 11) is 1.54. The molecule has 5 rings (SSSR count). The summed E-state index contributed by atoms with van der Waals surface area (Å²) in [6, 6.07) is 30.2. The van der Waals surface area contributed by atoms with Crippen LogP contribution in [0.5, 0.6) is 11.5 Å². The van der Waals surface area contributed by atoms with Crippen molar-refractivity contribution >= 4 is 27.8 Å². The molecule has 0 aliphatic heterocycles. The number of para-hydroxylation sites is 2. The summed E-state index contributed by atoms with van der Waals surface area (Å²) in [6.45, 7) is 0.482. The number of carbonyl (C=O) groups is 1. The Hall–Kier alpha value is -4.29. The minimum absolute atomic E-state index is 0.0335. The van der Waals surface area contributed by atoms with Crippen LogP contribution in [0.4, 0.5) is 0 Å². The van der Waals surface area contributed by atoms with Crippen LogP contribution >= 0.6 is 0 Å². The molecule has 0 radical (unpaired) electrons. The number of nitrogens with zero attached hydrogens (tertiary/aromatic N) is 1. The molecule has 0 spiro atoms. The zero-order chi connectivity index (χ0) is 24.9. The molecule has 1 N–H and O–H groups in total. The first-order chi connectivity index (χ1) is 17.6. The zero-order valence-electron chi connectivity index (χ0n) is 20.0. The van der Waals surface area contributed by atoms with E-state index in [-0.39, 0.29) is 19.1 Å². The molecule has 6 heteroatoms. The van der Waals surface area contributed by atoms with Crippen LogP contribution in [0, 0.1) is 0 Å². The predicted octanol–water partition coefficient (Wildman–Crippen LogP) is 5.68. The number of ether oxygens (including phenoxy) is 2. The fourth-order valence-corrected chi connectivity index (χ4v) is 4.31. The molecule has 0 saturated carbocycles. The van der Waals surface area contributed by atoms with E-state index in [4.69, 9.17) is 13.9 Å². The number of hydrogen-bond donors (Lipinski definition) is 1. The van der Waals surface area contributed by atoms with Crippen molar-refractivity contribution in [3.63, 3.8) is 0 Å². The third kappa shape index (κ3) is 5.04. The summed E-state index contributed by atoms with van der Waals surface area (Å²) in [4.78, 5) is 15.1. The van der Waals surface area contributed by atoms with Crippen molar-refractivity contribution in [2.24, 2.45) is 0 Å². The molecule has 0 unspecified atom stereocenters. The quantitative estimate of drug-likeness (QED) is 0.293. The van der Waals surface area contributed by atoms with Crippen LogP contribution in [0.15, 0.2) is 101 Å². The summed E-state index contributed by atoms with van der Waals surface area (Å²) >= 11 is 0. The molecule has 5 aromatic rings. The SMILES string of the molecule is COc1ccccc1C(=O)N(Cc1ccccc1)C[C@@H](O)COc1ccc2oc3ccccc3c2c1. The van der Waals surface area contributed by atoms with Gasteiger partial charge in [-0.15, -0.1) is 0 Å². The number of rotatable bonds is 9. The molecule has 1 amide bonds. The van der Waals surface area contributed by atoms with Crippen molar-refractivity contribution < 1.29 is 23.8 Å². The van der Waals surface area contributed by atoms with E-state index in [1.807, 2.05) is 78.9 Å². The van der Waals surface area contributed by atoms with Crippen LogP contribution in [0.3, 0.4) is 0 Å². The number of fused-ring (bicyclic) bond motifs is 3. The van der Waals surface area contributed by atoms with Gasteiger partial charge in [0.1, 0.15) is 35.4 Å². The fourth-order valence-electron chi connectivity index (χ4n) is 4.31. The highest BCUT2D eigenvalue weighted by Crippen LogP contribution is 2.31. The highest BCUT2D eigenvalue weighted by atomic mass is 16.5. The largest absolute Gasteiger partial charge is 0.496 e. The molecule has 0 aliphatic rings. The third-order valence-electron chi connectivity index (χ3n) is 6.06. The number of benzene rings is 4. The molecule has 0 fully saturated rings. The Bertz CT molecular complexity index is 1480. The Morgan fingerprint density at radius 2 is 1.61 bits per heavy atom. The van der Waals surface area contributed by atoms with E-state index in [1.165, 1.54) is 7.11 Å². The summed E-state index contributed by atoms with van der Waals surface area (Å²) in [5, 5.41) is 12.8. The van der Waals surface area contributed by atoms with E-state index in [2.05, 4.69) is 0 Å². The minimum Gasteiger partial charge on any atom is -0.496 e. The highest BCUT2D eigenvalue weighted by Gasteiger charge is 2.23. The lowest BCUT2D eigenvalue weighted by atomic mass is 10.1. The maximum absolute atomic E-state index is 13.5. The molecule has 182 valence electrons. The van der Waals surface area contributed by atoms with Crippen LogP contribution in [0.25, 0.3) is 21.9 Å². The predicted molar refractivity (Wildman–Crippen MR) is 139 cm³/mol. The van der Waals surface area contributed by atoms with Crippen molar-refractivity contribution in [3.8, 4) is 11.5 Å². The van der Waals surface area contributed by atoms with Gasteiger partial charge in [0, 0.05) is 17.3 Å². The number of amides is 1. The Labute approximate surface area is 209 Å². The van der Waals surface area contributed by atoms with Crippen molar-refractivity contribution in [3.05, 3.63) is 108 Å². The molecule has 6 nitrogen and oxygen atoms in total. The van der Waals surface area contributed by atoms with Crippen LogP contribution < -0.4 is 9.47 Å². The summed E-state index contributed by atoms with van der Waals surface area (Å²) in [5.41, 5.74) is 3.00. The van der Waals surface area contributed by atoms with Crippen molar-refractivity contribution in [1.82, 2.24) is 4.90 Å². The van der Waals surface area contributed by atoms with Crippen LogP contribution in [0.1, 0.15) is 15.9 Å². The number of methoxy groups -OCH3 is 1. The Kier molecular flexibility index (Phi) is 6.87. The first-order valence-corrected chi connectivity index (χ1v) is 11.8. The van der Waals surface area contributed by atoms with Gasteiger partial charge in [-0.2, -0.15) is 0 Å². The second-order valence-electron chi connectivity index (χ2n) is 8.59. The van der Waals surface area contributed by atoms with Gasteiger partial charge in [-0.1, -0.05) is 60.7 Å². The third-order valence-corrected chi connectivity index (χ3v) is 6.06. The molecule has 0 bridgehead atoms. The van der Waals surface area contributed by atoms with Crippen molar-refractivity contribution in [2.45, 2.75) is 12.6 Å². The van der Waals surface area contributed by atoms with Crippen LogP contribution in [0.2, 0.25) is 0 Å². The molecular weight excluding hydrogens is 454 g/mol. The lowest BCUT2D eigenvalue weighted by Gasteiger charge is -2.26. The number of hydrogen-bond acceptors (Lipinski definition) is 5. The molecule has 36 heavy (non-hydrogen) atoms. The Morgan fingerprint density at radius 1 is 0.889 bits per heavy atom. The van der Waals surface area contributed by atoms with Crippen molar-refractivity contribution in [1.29, 1.82) is 0 Å². The molecule has 1 atom stereocenters. The van der Waals surface area contributed by atoms with Gasteiger partial charge >= 0.3 is 0 Å². The van der Waals surface area contributed by atoms with E-state index in [9.17, 15) is 9.90 Å². The number of furan rings is 1. The first-order valence-electron chi connectivity index (χ1n) is 11.8. The van der Waals surface area contributed by atoms with Gasteiger partial charge in [0.25, 0.3) is 5.91 Å². The highest BCUT2D eigenvalue weighted by molar-refractivity contribution is 6.05. The lowest BCUT2D eigenvalue weighted by molar-refractivity contribution is 0.0480. The topological polar surface area (TPSA) is 72.1 Å². The lowest BCUT2D eigenvalue weighted by Crippen LogP contribution is -2.39. The van der Waals surface area contributed by atoms with Crippen LogP contribution in [-0.2, 0) is 6.54 Å². The summed E-state index contributed by atoms with van der Waals surface area (Å²) in [6.07, 6.45) is -0.899. The van der Waals surface area contributed by atoms with E-state index in [0.717, 1.165) is 27.5 Å². The maximum atomic E-state index is 13.5. The summed E-state index contributed by atoms with van der Waals surface area (Å²) in [5.74, 6) is 0.896. The fraction of sp³-hybridized carbons (Fsp3) is 0.167. The summed E-state index contributed by atoms with van der Waals surface area (Å²) < 4.78 is 17.2. The number of aliphatic hydroxyl groups excluding tert-OH is 1. The second kappa shape index (κ2) is 10.5. The molecule has 0 saturated heterocycles.